The highest BCUT2D eigenvalue weighted by Crippen LogP contribution is 2.17. The standard InChI is InChI=1S/C13H16BrFN2O.ClH/c1-3-6-17(13(18)9(2)16)8-10-7-11(14)4-5-12(10)15;/h3-5,7,9H,1,6,8,16H2,2H3;1H/t9-;/m1./s1. The predicted octanol–water partition coefficient (Wildman–Crippen LogP) is 2.87. The Hall–Kier alpha value is -0.910. The molecule has 0 saturated heterocycles. The van der Waals surface area contributed by atoms with Gasteiger partial charge in [-0.25, -0.2) is 4.39 Å². The molecule has 6 heteroatoms. The zero-order chi connectivity index (χ0) is 13.7. The van der Waals surface area contributed by atoms with Gasteiger partial charge in [-0.1, -0.05) is 22.0 Å². The number of nitrogens with zero attached hydrogens (tertiary/aromatic N) is 1. The molecule has 0 heterocycles. The number of hydrogen-bond donors (Lipinski definition) is 1. The summed E-state index contributed by atoms with van der Waals surface area (Å²) >= 11 is 3.28. The van der Waals surface area contributed by atoms with Gasteiger partial charge >= 0.3 is 0 Å². The highest BCUT2D eigenvalue weighted by atomic mass is 79.9. The van der Waals surface area contributed by atoms with Crippen LogP contribution in [-0.4, -0.2) is 23.4 Å². The van der Waals surface area contributed by atoms with Crippen LogP contribution in [0.3, 0.4) is 0 Å². The van der Waals surface area contributed by atoms with Crippen molar-refractivity contribution in [2.75, 3.05) is 6.54 Å². The summed E-state index contributed by atoms with van der Waals surface area (Å²) in [7, 11) is 0. The number of carbonyl (C=O) groups excluding carboxylic acids is 1. The van der Waals surface area contributed by atoms with Crippen molar-refractivity contribution in [1.82, 2.24) is 4.90 Å². The topological polar surface area (TPSA) is 46.3 Å². The summed E-state index contributed by atoms with van der Waals surface area (Å²) in [6.07, 6.45) is 1.59. The number of amides is 1. The molecule has 0 aliphatic rings. The monoisotopic (exact) mass is 350 g/mol. The first kappa shape index (κ1) is 18.1. The molecular weight excluding hydrogens is 335 g/mol. The molecule has 0 bridgehead atoms. The third-order valence-electron chi connectivity index (χ3n) is 2.42. The summed E-state index contributed by atoms with van der Waals surface area (Å²) in [5.41, 5.74) is 6.00. The van der Waals surface area contributed by atoms with E-state index in [1.165, 1.54) is 11.0 Å². The molecule has 0 fully saturated rings. The molecular formula is C13H17BrClFN2O. The van der Waals surface area contributed by atoms with E-state index in [9.17, 15) is 9.18 Å². The molecule has 1 amide bonds. The number of halogens is 3. The van der Waals surface area contributed by atoms with Gasteiger partial charge in [0.25, 0.3) is 0 Å². The van der Waals surface area contributed by atoms with Crippen LogP contribution in [-0.2, 0) is 11.3 Å². The highest BCUT2D eigenvalue weighted by molar-refractivity contribution is 9.10. The number of benzene rings is 1. The van der Waals surface area contributed by atoms with Crippen molar-refractivity contribution in [2.45, 2.75) is 19.5 Å². The van der Waals surface area contributed by atoms with Crippen molar-refractivity contribution in [3.63, 3.8) is 0 Å². The summed E-state index contributed by atoms with van der Waals surface area (Å²) < 4.78 is 14.4. The van der Waals surface area contributed by atoms with Gasteiger partial charge in [0.05, 0.1) is 6.04 Å². The van der Waals surface area contributed by atoms with Gasteiger partial charge in [-0.3, -0.25) is 4.79 Å². The van der Waals surface area contributed by atoms with Gasteiger partial charge in [0, 0.05) is 23.1 Å². The Morgan fingerprint density at radius 2 is 2.26 bits per heavy atom. The Labute approximate surface area is 127 Å². The minimum Gasteiger partial charge on any atom is -0.333 e. The van der Waals surface area contributed by atoms with Crippen molar-refractivity contribution < 1.29 is 9.18 Å². The van der Waals surface area contributed by atoms with Crippen LogP contribution < -0.4 is 5.73 Å². The van der Waals surface area contributed by atoms with Crippen LogP contribution in [0.15, 0.2) is 35.3 Å². The second-order valence-corrected chi connectivity index (χ2v) is 4.95. The second kappa shape index (κ2) is 8.30. The van der Waals surface area contributed by atoms with E-state index >= 15 is 0 Å². The van der Waals surface area contributed by atoms with E-state index in [1.54, 1.807) is 25.1 Å². The average Bonchev–Trinajstić information content (AvgIpc) is 2.32. The van der Waals surface area contributed by atoms with Crippen molar-refractivity contribution in [2.24, 2.45) is 5.73 Å². The van der Waals surface area contributed by atoms with E-state index in [0.29, 0.717) is 12.1 Å². The number of hydrogen-bond acceptors (Lipinski definition) is 2. The van der Waals surface area contributed by atoms with Crippen molar-refractivity contribution in [3.8, 4) is 0 Å². The maximum absolute atomic E-state index is 13.6. The molecule has 0 spiro atoms. The first-order chi connectivity index (χ1) is 8.45. The molecule has 0 radical (unpaired) electrons. The van der Waals surface area contributed by atoms with Crippen LogP contribution in [0.2, 0.25) is 0 Å². The molecule has 0 aliphatic carbocycles. The van der Waals surface area contributed by atoms with E-state index in [1.807, 2.05) is 0 Å². The molecule has 106 valence electrons. The van der Waals surface area contributed by atoms with E-state index in [0.717, 1.165) is 4.47 Å². The minimum absolute atomic E-state index is 0. The zero-order valence-corrected chi connectivity index (χ0v) is 13.0. The van der Waals surface area contributed by atoms with Crippen LogP contribution in [0.4, 0.5) is 4.39 Å². The smallest absolute Gasteiger partial charge is 0.239 e. The van der Waals surface area contributed by atoms with Gasteiger partial charge in [-0.2, -0.15) is 0 Å². The van der Waals surface area contributed by atoms with Crippen LogP contribution in [0, 0.1) is 5.82 Å². The summed E-state index contributed by atoms with van der Waals surface area (Å²) in [4.78, 5) is 13.3. The van der Waals surface area contributed by atoms with E-state index in [2.05, 4.69) is 22.5 Å². The Bertz CT molecular complexity index is 454. The first-order valence-electron chi connectivity index (χ1n) is 5.55. The highest BCUT2D eigenvalue weighted by Gasteiger charge is 2.18. The van der Waals surface area contributed by atoms with Crippen LogP contribution >= 0.6 is 28.3 Å². The van der Waals surface area contributed by atoms with Crippen molar-refractivity contribution in [1.29, 1.82) is 0 Å². The maximum atomic E-state index is 13.6. The molecule has 1 aromatic rings. The van der Waals surface area contributed by atoms with E-state index in [-0.39, 0.29) is 30.7 Å². The van der Waals surface area contributed by atoms with Gasteiger partial charge in [-0.15, -0.1) is 19.0 Å². The lowest BCUT2D eigenvalue weighted by Gasteiger charge is -2.23. The fourth-order valence-electron chi connectivity index (χ4n) is 1.55. The largest absolute Gasteiger partial charge is 0.333 e. The Balaban J connectivity index is 0.00000324. The van der Waals surface area contributed by atoms with E-state index < -0.39 is 6.04 Å². The summed E-state index contributed by atoms with van der Waals surface area (Å²) in [6, 6.07) is 4.02. The van der Waals surface area contributed by atoms with E-state index in [4.69, 9.17) is 5.73 Å². The normalized spacial score (nSPS) is 11.4. The summed E-state index contributed by atoms with van der Waals surface area (Å²) in [5.74, 6) is -0.570. The molecule has 0 unspecified atom stereocenters. The van der Waals surface area contributed by atoms with Crippen LogP contribution in [0.1, 0.15) is 12.5 Å². The lowest BCUT2D eigenvalue weighted by Crippen LogP contribution is -2.41. The Morgan fingerprint density at radius 1 is 1.63 bits per heavy atom. The lowest BCUT2D eigenvalue weighted by atomic mass is 10.2. The first-order valence-corrected chi connectivity index (χ1v) is 6.34. The third kappa shape index (κ3) is 5.30. The van der Waals surface area contributed by atoms with Gasteiger partial charge in [0.2, 0.25) is 5.91 Å². The van der Waals surface area contributed by atoms with Crippen LogP contribution in [0.25, 0.3) is 0 Å². The molecule has 0 saturated carbocycles. The van der Waals surface area contributed by atoms with Gasteiger partial charge in [0.1, 0.15) is 5.82 Å². The molecule has 1 rings (SSSR count). The SMILES string of the molecule is C=CCN(Cc1cc(Br)ccc1F)C(=O)[C@@H](C)N.Cl. The van der Waals surface area contributed by atoms with Gasteiger partial charge < -0.3 is 10.6 Å². The quantitative estimate of drug-likeness (QED) is 0.829. The van der Waals surface area contributed by atoms with Crippen molar-refractivity contribution in [3.05, 3.63) is 46.7 Å². The second-order valence-electron chi connectivity index (χ2n) is 4.03. The number of nitrogens with two attached hydrogens (primary N) is 1. The molecule has 3 nitrogen and oxygen atoms in total. The fraction of sp³-hybridized carbons (Fsp3) is 0.308. The summed E-state index contributed by atoms with van der Waals surface area (Å²) in [5, 5.41) is 0. The third-order valence-corrected chi connectivity index (χ3v) is 2.91. The number of rotatable bonds is 5. The molecule has 0 aromatic heterocycles. The fourth-order valence-corrected chi connectivity index (χ4v) is 1.95. The van der Waals surface area contributed by atoms with Gasteiger partial charge in [-0.05, 0) is 25.1 Å². The maximum Gasteiger partial charge on any atom is 0.239 e. The Morgan fingerprint density at radius 3 is 2.79 bits per heavy atom. The molecule has 2 N–H and O–H groups in total. The minimum atomic E-state index is -0.611. The zero-order valence-electron chi connectivity index (χ0n) is 10.6. The lowest BCUT2D eigenvalue weighted by molar-refractivity contribution is -0.132. The number of carbonyl (C=O) groups is 1. The van der Waals surface area contributed by atoms with Gasteiger partial charge in [0.15, 0.2) is 0 Å². The molecule has 1 atom stereocenters. The molecule has 0 aliphatic heterocycles. The predicted molar refractivity (Wildman–Crippen MR) is 80.6 cm³/mol. The Kier molecular flexibility index (Phi) is 7.90. The average molecular weight is 352 g/mol. The molecule has 1 aromatic carbocycles. The summed E-state index contributed by atoms with van der Waals surface area (Å²) in [6.45, 7) is 5.71. The molecule has 19 heavy (non-hydrogen) atoms. The van der Waals surface area contributed by atoms with Crippen molar-refractivity contribution >= 4 is 34.2 Å². The van der Waals surface area contributed by atoms with Crippen LogP contribution in [0.5, 0.6) is 0 Å².